The Morgan fingerprint density at radius 1 is 1.33 bits per heavy atom. The van der Waals surface area contributed by atoms with Crippen molar-refractivity contribution in [1.82, 2.24) is 15.2 Å². The summed E-state index contributed by atoms with van der Waals surface area (Å²) in [4.78, 5) is 14.5. The lowest BCUT2D eigenvalue weighted by molar-refractivity contribution is -0.133. The molecule has 0 radical (unpaired) electrons. The second kappa shape index (κ2) is 6.16. The van der Waals surface area contributed by atoms with E-state index >= 15 is 0 Å². The first-order chi connectivity index (χ1) is 8.78. The summed E-state index contributed by atoms with van der Waals surface area (Å²) >= 11 is 5.71. The lowest BCUT2D eigenvalue weighted by atomic mass is 10.0. The van der Waals surface area contributed by atoms with Crippen molar-refractivity contribution >= 4 is 18.1 Å². The van der Waals surface area contributed by atoms with E-state index in [9.17, 15) is 4.79 Å². The molecule has 18 heavy (non-hydrogen) atoms. The average molecular weight is 266 g/mol. The summed E-state index contributed by atoms with van der Waals surface area (Å²) in [5.74, 6) is 0. The highest BCUT2D eigenvalue weighted by Gasteiger charge is 2.12. The summed E-state index contributed by atoms with van der Waals surface area (Å²) in [6, 6.07) is 3.58. The summed E-state index contributed by atoms with van der Waals surface area (Å²) in [6.07, 6.45) is 6.14. The van der Waals surface area contributed by atoms with Gasteiger partial charge in [0.15, 0.2) is 0 Å². The van der Waals surface area contributed by atoms with Gasteiger partial charge in [0.1, 0.15) is 11.3 Å². The van der Waals surface area contributed by atoms with Gasteiger partial charge in [-0.3, -0.25) is 9.89 Å². The number of nitrogens with zero attached hydrogens (tertiary/aromatic N) is 2. The van der Waals surface area contributed by atoms with E-state index in [0.717, 1.165) is 11.1 Å². The first-order valence-corrected chi connectivity index (χ1v) is 5.83. The molecule has 0 fully saturated rings. The number of ether oxygens (including phenoxy) is 1. The molecule has 5 nitrogen and oxygen atoms in total. The Bertz CT molecular complexity index is 485. The Hall–Kier alpha value is -1.88. The van der Waals surface area contributed by atoms with Crippen LogP contribution < -0.4 is 0 Å². The van der Waals surface area contributed by atoms with Crippen LogP contribution in [0.1, 0.15) is 11.1 Å². The fraction of sp³-hybridized carbons (Fsp3) is 0.250. The van der Waals surface area contributed by atoms with Crippen LogP contribution in [0.15, 0.2) is 30.7 Å². The predicted octanol–water partition coefficient (Wildman–Crippen LogP) is 1.78. The molecule has 1 atom stereocenters. The number of carbonyl (C=O) groups is 1. The van der Waals surface area contributed by atoms with E-state index in [4.69, 9.17) is 16.3 Å². The first kappa shape index (κ1) is 12.6. The maximum atomic E-state index is 10.5. The van der Waals surface area contributed by atoms with E-state index in [1.165, 1.54) is 0 Å². The summed E-state index contributed by atoms with van der Waals surface area (Å²) < 4.78 is 5.07. The number of aromatic nitrogens is 3. The lowest BCUT2D eigenvalue weighted by Gasteiger charge is -2.14. The van der Waals surface area contributed by atoms with Crippen molar-refractivity contribution in [2.24, 2.45) is 0 Å². The molecule has 0 saturated carbocycles. The predicted molar refractivity (Wildman–Crippen MR) is 66.2 cm³/mol. The van der Waals surface area contributed by atoms with Gasteiger partial charge < -0.3 is 4.74 Å². The van der Waals surface area contributed by atoms with Gasteiger partial charge in [0.25, 0.3) is 6.47 Å². The molecule has 0 spiro atoms. The highest BCUT2D eigenvalue weighted by molar-refractivity contribution is 6.29. The van der Waals surface area contributed by atoms with Gasteiger partial charge in [-0.25, -0.2) is 4.98 Å². The van der Waals surface area contributed by atoms with Gasteiger partial charge in [-0.05, 0) is 17.2 Å². The first-order valence-electron chi connectivity index (χ1n) is 5.45. The highest BCUT2D eigenvalue weighted by Crippen LogP contribution is 2.12. The molecule has 0 bridgehead atoms. The molecule has 2 heterocycles. The van der Waals surface area contributed by atoms with E-state index in [1.807, 2.05) is 6.07 Å². The monoisotopic (exact) mass is 265 g/mol. The molecule has 2 aromatic rings. The minimum atomic E-state index is -0.233. The van der Waals surface area contributed by atoms with E-state index < -0.39 is 0 Å². The SMILES string of the molecule is O=COC(Cc1ccc(Cl)nc1)Cc1cn[nH]c1. The van der Waals surface area contributed by atoms with Crippen LogP contribution in [0.5, 0.6) is 0 Å². The molecule has 6 heteroatoms. The Balaban J connectivity index is 2.01. The van der Waals surface area contributed by atoms with Crippen molar-refractivity contribution in [3.8, 4) is 0 Å². The van der Waals surface area contributed by atoms with Crippen LogP contribution in [-0.2, 0) is 22.4 Å². The average Bonchev–Trinajstić information content (AvgIpc) is 2.85. The third-order valence-electron chi connectivity index (χ3n) is 2.52. The van der Waals surface area contributed by atoms with Gasteiger partial charge in [-0.1, -0.05) is 17.7 Å². The Morgan fingerprint density at radius 3 is 2.78 bits per heavy atom. The molecule has 0 aliphatic rings. The summed E-state index contributed by atoms with van der Waals surface area (Å²) in [6.45, 7) is 0.466. The van der Waals surface area contributed by atoms with Crippen molar-refractivity contribution in [2.75, 3.05) is 0 Å². The van der Waals surface area contributed by atoms with Crippen LogP contribution in [-0.4, -0.2) is 27.8 Å². The Labute approximate surface area is 109 Å². The smallest absolute Gasteiger partial charge is 0.293 e. The Kier molecular flexibility index (Phi) is 4.30. The second-order valence-electron chi connectivity index (χ2n) is 3.86. The summed E-state index contributed by atoms with van der Waals surface area (Å²) in [5, 5.41) is 7.03. The van der Waals surface area contributed by atoms with Gasteiger partial charge in [0.05, 0.1) is 6.20 Å². The van der Waals surface area contributed by atoms with Gasteiger partial charge in [-0.15, -0.1) is 0 Å². The van der Waals surface area contributed by atoms with Gasteiger partial charge in [0.2, 0.25) is 0 Å². The third-order valence-corrected chi connectivity index (χ3v) is 2.74. The molecular weight excluding hydrogens is 254 g/mol. The highest BCUT2D eigenvalue weighted by atomic mass is 35.5. The third kappa shape index (κ3) is 3.56. The molecule has 2 aromatic heterocycles. The van der Waals surface area contributed by atoms with E-state index in [0.29, 0.717) is 24.5 Å². The number of carbonyl (C=O) groups excluding carboxylic acids is 1. The zero-order valence-electron chi connectivity index (χ0n) is 9.54. The molecule has 0 saturated heterocycles. The summed E-state index contributed by atoms with van der Waals surface area (Å²) in [5.41, 5.74) is 1.96. The Morgan fingerprint density at radius 2 is 2.17 bits per heavy atom. The minimum absolute atomic E-state index is 0.233. The van der Waals surface area contributed by atoms with Gasteiger partial charge >= 0.3 is 0 Å². The van der Waals surface area contributed by atoms with Crippen molar-refractivity contribution in [1.29, 1.82) is 0 Å². The van der Waals surface area contributed by atoms with Crippen molar-refractivity contribution in [3.05, 3.63) is 47.0 Å². The van der Waals surface area contributed by atoms with Crippen molar-refractivity contribution in [2.45, 2.75) is 18.9 Å². The van der Waals surface area contributed by atoms with E-state index in [1.54, 1.807) is 24.7 Å². The van der Waals surface area contributed by atoms with Crippen LogP contribution >= 0.6 is 11.6 Å². The maximum Gasteiger partial charge on any atom is 0.293 e. The number of halogens is 1. The quantitative estimate of drug-likeness (QED) is 0.639. The van der Waals surface area contributed by atoms with Gasteiger partial charge in [-0.2, -0.15) is 5.10 Å². The molecule has 0 aromatic carbocycles. The summed E-state index contributed by atoms with van der Waals surface area (Å²) in [7, 11) is 0. The zero-order valence-corrected chi connectivity index (χ0v) is 10.3. The fourth-order valence-electron chi connectivity index (χ4n) is 1.69. The normalized spacial score (nSPS) is 12.1. The number of hydrogen-bond donors (Lipinski definition) is 1. The maximum absolute atomic E-state index is 10.5. The van der Waals surface area contributed by atoms with Crippen LogP contribution in [0.4, 0.5) is 0 Å². The van der Waals surface area contributed by atoms with E-state index in [2.05, 4.69) is 15.2 Å². The molecule has 2 rings (SSSR count). The standard InChI is InChI=1S/C12H12ClN3O2/c13-12-2-1-9(5-14-12)3-11(18-8-17)4-10-6-15-16-7-10/h1-2,5-8,11H,3-4H2,(H,15,16). The minimum Gasteiger partial charge on any atom is -0.464 e. The molecule has 0 aliphatic heterocycles. The lowest BCUT2D eigenvalue weighted by Crippen LogP contribution is -2.18. The number of H-pyrrole nitrogens is 1. The van der Waals surface area contributed by atoms with Crippen molar-refractivity contribution in [3.63, 3.8) is 0 Å². The molecule has 94 valence electrons. The number of rotatable bonds is 6. The van der Waals surface area contributed by atoms with E-state index in [-0.39, 0.29) is 6.10 Å². The van der Waals surface area contributed by atoms with Crippen LogP contribution in [0, 0.1) is 0 Å². The van der Waals surface area contributed by atoms with Gasteiger partial charge in [0, 0.05) is 25.2 Å². The van der Waals surface area contributed by atoms with Crippen LogP contribution in [0.2, 0.25) is 5.15 Å². The van der Waals surface area contributed by atoms with Crippen LogP contribution in [0.25, 0.3) is 0 Å². The van der Waals surface area contributed by atoms with Crippen molar-refractivity contribution < 1.29 is 9.53 Å². The number of nitrogens with one attached hydrogen (secondary N) is 1. The second-order valence-corrected chi connectivity index (χ2v) is 4.25. The largest absolute Gasteiger partial charge is 0.464 e. The number of aromatic amines is 1. The zero-order chi connectivity index (χ0) is 12.8. The molecule has 0 amide bonds. The van der Waals surface area contributed by atoms with Crippen LogP contribution in [0.3, 0.4) is 0 Å². The fourth-order valence-corrected chi connectivity index (χ4v) is 1.80. The topological polar surface area (TPSA) is 67.9 Å². The molecule has 1 unspecified atom stereocenters. The number of pyridine rings is 1. The number of hydrogen-bond acceptors (Lipinski definition) is 4. The molecule has 0 aliphatic carbocycles. The molecular formula is C12H12ClN3O2. The molecule has 1 N–H and O–H groups in total.